The van der Waals surface area contributed by atoms with Gasteiger partial charge >= 0.3 is 0 Å². The molecule has 0 unspecified atom stereocenters. The Morgan fingerprint density at radius 1 is 1.50 bits per heavy atom. The SMILES string of the molecule is C=N/C(F)=C(/CCCCl)C(=C)Cl. The molecule has 0 aromatic carbocycles. The molecule has 0 bridgehead atoms. The maximum atomic E-state index is 12.8. The fourth-order valence-corrected chi connectivity index (χ4v) is 0.996. The zero-order chi connectivity index (χ0) is 9.56. The van der Waals surface area contributed by atoms with E-state index in [1.807, 2.05) is 0 Å². The number of allylic oxidation sites excluding steroid dienone is 2. The Bertz CT molecular complexity index is 211. The summed E-state index contributed by atoms with van der Waals surface area (Å²) in [6, 6.07) is 0. The highest BCUT2D eigenvalue weighted by Crippen LogP contribution is 2.23. The molecule has 0 radical (unpaired) electrons. The van der Waals surface area contributed by atoms with Gasteiger partial charge in [0.15, 0.2) is 0 Å². The Kier molecular flexibility index (Phi) is 6.03. The van der Waals surface area contributed by atoms with E-state index < -0.39 is 5.95 Å². The molecule has 0 N–H and O–H groups in total. The molecular formula is C8H10Cl2FN. The van der Waals surface area contributed by atoms with Crippen molar-refractivity contribution in [3.8, 4) is 0 Å². The van der Waals surface area contributed by atoms with Crippen LogP contribution in [0.3, 0.4) is 0 Å². The number of hydrogen-bond donors (Lipinski definition) is 0. The highest BCUT2D eigenvalue weighted by atomic mass is 35.5. The molecule has 0 atom stereocenters. The monoisotopic (exact) mass is 209 g/mol. The van der Waals surface area contributed by atoms with E-state index >= 15 is 0 Å². The Morgan fingerprint density at radius 3 is 2.42 bits per heavy atom. The maximum Gasteiger partial charge on any atom is 0.216 e. The van der Waals surface area contributed by atoms with Crippen molar-refractivity contribution in [2.75, 3.05) is 5.88 Å². The summed E-state index contributed by atoms with van der Waals surface area (Å²) in [6.45, 7) is 6.47. The van der Waals surface area contributed by atoms with Crippen LogP contribution in [0.4, 0.5) is 4.39 Å². The third-order valence-corrected chi connectivity index (χ3v) is 1.77. The van der Waals surface area contributed by atoms with Gasteiger partial charge in [-0.3, -0.25) is 0 Å². The van der Waals surface area contributed by atoms with E-state index in [0.717, 1.165) is 0 Å². The molecule has 0 aliphatic rings. The first-order chi connectivity index (χ1) is 5.63. The predicted molar refractivity (Wildman–Crippen MR) is 52.6 cm³/mol. The zero-order valence-corrected chi connectivity index (χ0v) is 8.13. The Hall–Kier alpha value is -0.340. The lowest BCUT2D eigenvalue weighted by Gasteiger charge is -2.02. The van der Waals surface area contributed by atoms with Gasteiger partial charge in [-0.15, -0.1) is 11.6 Å². The molecule has 0 aliphatic carbocycles. The van der Waals surface area contributed by atoms with Crippen molar-refractivity contribution in [3.63, 3.8) is 0 Å². The van der Waals surface area contributed by atoms with Gasteiger partial charge in [-0.2, -0.15) is 4.39 Å². The lowest BCUT2D eigenvalue weighted by molar-refractivity contribution is 0.612. The first kappa shape index (κ1) is 11.7. The van der Waals surface area contributed by atoms with Crippen molar-refractivity contribution in [2.24, 2.45) is 4.99 Å². The molecule has 0 saturated carbocycles. The number of hydrogen-bond acceptors (Lipinski definition) is 1. The maximum absolute atomic E-state index is 12.8. The smallest absolute Gasteiger partial charge is 0.216 e. The summed E-state index contributed by atoms with van der Waals surface area (Å²) in [5.41, 5.74) is 0.285. The molecule has 0 aromatic heterocycles. The Morgan fingerprint density at radius 2 is 2.08 bits per heavy atom. The third kappa shape index (κ3) is 3.88. The normalized spacial score (nSPS) is 12.2. The number of rotatable bonds is 5. The number of nitrogens with zero attached hydrogens (tertiary/aromatic N) is 1. The summed E-state index contributed by atoms with van der Waals surface area (Å²) in [5.74, 6) is -0.210. The van der Waals surface area contributed by atoms with Crippen LogP contribution in [0, 0.1) is 0 Å². The van der Waals surface area contributed by atoms with E-state index in [9.17, 15) is 4.39 Å². The summed E-state index contributed by atoms with van der Waals surface area (Å²) < 4.78 is 12.8. The molecular weight excluding hydrogens is 200 g/mol. The van der Waals surface area contributed by atoms with Crippen LogP contribution < -0.4 is 0 Å². The molecule has 0 fully saturated rings. The highest BCUT2D eigenvalue weighted by Gasteiger charge is 2.06. The van der Waals surface area contributed by atoms with Crippen LogP contribution in [0.2, 0.25) is 0 Å². The van der Waals surface area contributed by atoms with Crippen LogP contribution in [-0.4, -0.2) is 12.6 Å². The second-order valence-corrected chi connectivity index (χ2v) is 2.96. The van der Waals surface area contributed by atoms with E-state index in [1.165, 1.54) is 0 Å². The lowest BCUT2D eigenvalue weighted by Crippen LogP contribution is -1.87. The van der Waals surface area contributed by atoms with E-state index in [-0.39, 0.29) is 10.6 Å². The summed E-state index contributed by atoms with van der Waals surface area (Å²) in [5, 5.41) is 0.157. The summed E-state index contributed by atoms with van der Waals surface area (Å²) in [7, 11) is 0. The third-order valence-electron chi connectivity index (χ3n) is 1.28. The number of aliphatic imine (C=N–C) groups is 1. The molecule has 12 heavy (non-hydrogen) atoms. The molecule has 4 heteroatoms. The molecule has 0 aromatic rings. The van der Waals surface area contributed by atoms with Crippen molar-refractivity contribution in [3.05, 3.63) is 23.1 Å². The van der Waals surface area contributed by atoms with E-state index in [1.54, 1.807) is 0 Å². The first-order valence-electron chi connectivity index (χ1n) is 3.39. The zero-order valence-electron chi connectivity index (χ0n) is 6.62. The van der Waals surface area contributed by atoms with Gasteiger partial charge in [0.05, 0.1) is 0 Å². The van der Waals surface area contributed by atoms with Crippen LogP contribution >= 0.6 is 23.2 Å². The van der Waals surface area contributed by atoms with E-state index in [0.29, 0.717) is 18.7 Å². The summed E-state index contributed by atoms with van der Waals surface area (Å²) in [4.78, 5) is 3.14. The second-order valence-electron chi connectivity index (χ2n) is 2.12. The minimum atomic E-state index is -0.667. The van der Waals surface area contributed by atoms with E-state index in [4.69, 9.17) is 23.2 Å². The molecule has 0 aliphatic heterocycles. The summed E-state index contributed by atoms with van der Waals surface area (Å²) >= 11 is 11.0. The van der Waals surface area contributed by atoms with Crippen molar-refractivity contribution in [2.45, 2.75) is 12.8 Å². The van der Waals surface area contributed by atoms with Crippen LogP contribution in [0.25, 0.3) is 0 Å². The molecule has 0 heterocycles. The lowest BCUT2D eigenvalue weighted by atomic mass is 10.1. The van der Waals surface area contributed by atoms with Crippen molar-refractivity contribution < 1.29 is 4.39 Å². The molecule has 0 amide bonds. The second kappa shape index (κ2) is 6.21. The minimum absolute atomic E-state index is 0.157. The standard InChI is InChI=1S/C8H10Cl2FN/c1-6(10)7(4-3-5-9)8(11)12-2/h1-5H2/b8-7-. The van der Waals surface area contributed by atoms with Gasteiger partial charge in [-0.1, -0.05) is 18.2 Å². The molecule has 0 spiro atoms. The van der Waals surface area contributed by atoms with Crippen LogP contribution in [0.1, 0.15) is 12.8 Å². The Balaban J connectivity index is 4.43. The van der Waals surface area contributed by atoms with Crippen LogP contribution in [0.15, 0.2) is 28.1 Å². The average Bonchev–Trinajstić information content (AvgIpc) is 2.04. The molecule has 68 valence electrons. The van der Waals surface area contributed by atoms with Crippen LogP contribution in [0.5, 0.6) is 0 Å². The van der Waals surface area contributed by atoms with Gasteiger partial charge in [0.2, 0.25) is 5.95 Å². The van der Waals surface area contributed by atoms with E-state index in [2.05, 4.69) is 18.3 Å². The fourth-order valence-electron chi connectivity index (χ4n) is 0.690. The molecule has 0 saturated heterocycles. The van der Waals surface area contributed by atoms with Gasteiger partial charge in [0, 0.05) is 16.5 Å². The summed E-state index contributed by atoms with van der Waals surface area (Å²) in [6.07, 6.45) is 1.09. The first-order valence-corrected chi connectivity index (χ1v) is 4.30. The minimum Gasteiger partial charge on any atom is -0.236 e. The molecule has 0 rings (SSSR count). The largest absolute Gasteiger partial charge is 0.236 e. The predicted octanol–water partition coefficient (Wildman–Crippen LogP) is 3.64. The van der Waals surface area contributed by atoms with Gasteiger partial charge in [-0.05, 0) is 19.6 Å². The van der Waals surface area contributed by atoms with Gasteiger partial charge in [0.25, 0.3) is 0 Å². The van der Waals surface area contributed by atoms with Crippen molar-refractivity contribution >= 4 is 29.9 Å². The highest BCUT2D eigenvalue weighted by molar-refractivity contribution is 6.31. The van der Waals surface area contributed by atoms with Crippen molar-refractivity contribution in [1.29, 1.82) is 0 Å². The average molecular weight is 210 g/mol. The number of halogens is 3. The topological polar surface area (TPSA) is 12.4 Å². The molecule has 1 nitrogen and oxygen atoms in total. The number of alkyl halides is 1. The Labute approximate surface area is 81.6 Å². The van der Waals surface area contributed by atoms with Gasteiger partial charge in [0.1, 0.15) is 0 Å². The fraction of sp³-hybridized carbons (Fsp3) is 0.375. The van der Waals surface area contributed by atoms with Crippen molar-refractivity contribution in [1.82, 2.24) is 0 Å². The quantitative estimate of drug-likeness (QED) is 0.284. The van der Waals surface area contributed by atoms with Crippen LogP contribution in [-0.2, 0) is 0 Å². The van der Waals surface area contributed by atoms with Gasteiger partial charge < -0.3 is 0 Å². The van der Waals surface area contributed by atoms with Gasteiger partial charge in [-0.25, -0.2) is 4.99 Å².